The zero-order valence-corrected chi connectivity index (χ0v) is 10.6. The Morgan fingerprint density at radius 2 is 2.13 bits per heavy atom. The van der Waals surface area contributed by atoms with Gasteiger partial charge in [0, 0.05) is 12.0 Å². The first-order valence-electron chi connectivity index (χ1n) is 5.14. The number of thiophene rings is 1. The van der Waals surface area contributed by atoms with Gasteiger partial charge >= 0.3 is 0 Å². The highest BCUT2D eigenvalue weighted by atomic mass is 32.1. The van der Waals surface area contributed by atoms with Crippen molar-refractivity contribution in [3.05, 3.63) is 21.9 Å². The van der Waals surface area contributed by atoms with Crippen molar-refractivity contribution < 1.29 is 4.74 Å². The second kappa shape index (κ2) is 5.61. The van der Waals surface area contributed by atoms with Gasteiger partial charge in [-0.15, -0.1) is 11.3 Å². The van der Waals surface area contributed by atoms with Crippen LogP contribution in [0.4, 0.5) is 0 Å². The van der Waals surface area contributed by atoms with Crippen LogP contribution in [0.5, 0.6) is 0 Å². The minimum Gasteiger partial charge on any atom is -0.379 e. The second-order valence-electron chi connectivity index (χ2n) is 4.08. The molecule has 1 rings (SSSR count). The number of aryl methyl sites for hydroxylation is 1. The molecule has 1 aromatic rings. The van der Waals surface area contributed by atoms with Crippen molar-refractivity contribution in [3.8, 4) is 0 Å². The Morgan fingerprint density at radius 1 is 1.47 bits per heavy atom. The van der Waals surface area contributed by atoms with E-state index in [1.807, 2.05) is 0 Å². The molecule has 0 aliphatic carbocycles. The van der Waals surface area contributed by atoms with E-state index in [1.54, 1.807) is 18.4 Å². The van der Waals surface area contributed by atoms with E-state index >= 15 is 0 Å². The number of rotatable bonds is 5. The Balaban J connectivity index is 2.86. The van der Waals surface area contributed by atoms with Gasteiger partial charge in [0.1, 0.15) is 0 Å². The highest BCUT2D eigenvalue weighted by Gasteiger charge is 2.25. The first-order valence-corrected chi connectivity index (χ1v) is 6.02. The largest absolute Gasteiger partial charge is 0.379 e. The van der Waals surface area contributed by atoms with Crippen LogP contribution in [0.15, 0.2) is 11.4 Å². The predicted octanol–water partition coefficient (Wildman–Crippen LogP) is 2.23. The van der Waals surface area contributed by atoms with Crippen molar-refractivity contribution in [2.24, 2.45) is 11.8 Å². The molecule has 0 amide bonds. The van der Waals surface area contributed by atoms with Gasteiger partial charge in [0.05, 0.1) is 12.1 Å². The van der Waals surface area contributed by atoms with Crippen LogP contribution in [0.3, 0.4) is 0 Å². The molecule has 1 aromatic heterocycles. The molecule has 86 valence electrons. The van der Waals surface area contributed by atoms with Crippen LogP contribution in [0.2, 0.25) is 0 Å². The molecular formula is C11H20N2OS. The van der Waals surface area contributed by atoms with Crippen molar-refractivity contribution in [1.29, 1.82) is 0 Å². The van der Waals surface area contributed by atoms with Crippen molar-refractivity contribution in [2.45, 2.75) is 32.9 Å². The van der Waals surface area contributed by atoms with Crippen LogP contribution in [-0.4, -0.2) is 13.2 Å². The summed E-state index contributed by atoms with van der Waals surface area (Å²) in [5, 5.41) is 2.13. The number of methoxy groups -OCH3 is 1. The average molecular weight is 228 g/mol. The average Bonchev–Trinajstić information content (AvgIpc) is 2.60. The van der Waals surface area contributed by atoms with E-state index in [0.717, 1.165) is 0 Å². The molecule has 4 heteroatoms. The van der Waals surface area contributed by atoms with E-state index in [4.69, 9.17) is 10.6 Å². The van der Waals surface area contributed by atoms with Gasteiger partial charge in [0.2, 0.25) is 0 Å². The topological polar surface area (TPSA) is 47.3 Å². The third kappa shape index (κ3) is 3.01. The molecule has 3 nitrogen and oxygen atoms in total. The van der Waals surface area contributed by atoms with Crippen LogP contribution >= 0.6 is 11.3 Å². The minimum absolute atomic E-state index is 0.0694. The van der Waals surface area contributed by atoms with Gasteiger partial charge in [0.25, 0.3) is 0 Å². The summed E-state index contributed by atoms with van der Waals surface area (Å²) < 4.78 is 5.49. The summed E-state index contributed by atoms with van der Waals surface area (Å²) in [4.78, 5) is 1.30. The number of hydrogen-bond acceptors (Lipinski definition) is 4. The van der Waals surface area contributed by atoms with Crippen molar-refractivity contribution in [3.63, 3.8) is 0 Å². The standard InChI is InChI=1S/C11H20N2OS/c1-7(2)11(14-4)10(13-12)9-5-8(3)15-6-9/h5-7,10-11,13H,12H2,1-4H3. The monoisotopic (exact) mass is 228 g/mol. The number of ether oxygens (including phenoxy) is 1. The maximum absolute atomic E-state index is 5.60. The van der Waals surface area contributed by atoms with E-state index < -0.39 is 0 Å². The first kappa shape index (κ1) is 12.6. The predicted molar refractivity (Wildman–Crippen MR) is 64.8 cm³/mol. The highest BCUT2D eigenvalue weighted by Crippen LogP contribution is 2.27. The second-order valence-corrected chi connectivity index (χ2v) is 5.19. The quantitative estimate of drug-likeness (QED) is 0.600. The van der Waals surface area contributed by atoms with Crippen LogP contribution in [0, 0.1) is 12.8 Å². The van der Waals surface area contributed by atoms with Crippen molar-refractivity contribution in [2.75, 3.05) is 7.11 Å². The Hall–Kier alpha value is -0.420. The van der Waals surface area contributed by atoms with Crippen molar-refractivity contribution >= 4 is 11.3 Å². The lowest BCUT2D eigenvalue weighted by molar-refractivity contribution is 0.0327. The molecule has 0 aliphatic rings. The fourth-order valence-corrected chi connectivity index (χ4v) is 2.54. The Bertz CT molecular complexity index is 299. The SMILES string of the molecule is COC(C(C)C)C(NN)c1csc(C)c1. The molecular weight excluding hydrogens is 208 g/mol. The Kier molecular flexibility index (Phi) is 4.73. The smallest absolute Gasteiger partial charge is 0.0802 e. The molecule has 3 N–H and O–H groups in total. The lowest BCUT2D eigenvalue weighted by Gasteiger charge is -2.28. The summed E-state index contributed by atoms with van der Waals surface area (Å²) in [6.45, 7) is 6.37. The highest BCUT2D eigenvalue weighted by molar-refractivity contribution is 7.10. The molecule has 1 heterocycles. The first-order chi connectivity index (χ1) is 7.10. The zero-order valence-electron chi connectivity index (χ0n) is 9.78. The fourth-order valence-electron chi connectivity index (χ4n) is 1.80. The summed E-state index contributed by atoms with van der Waals surface area (Å²) in [7, 11) is 1.73. The molecule has 15 heavy (non-hydrogen) atoms. The Labute approximate surface area is 95.6 Å². The number of hydrazine groups is 1. The van der Waals surface area contributed by atoms with Gasteiger partial charge in [-0.1, -0.05) is 13.8 Å². The van der Waals surface area contributed by atoms with E-state index in [1.165, 1.54) is 10.4 Å². The van der Waals surface area contributed by atoms with Crippen molar-refractivity contribution in [1.82, 2.24) is 5.43 Å². The minimum atomic E-state index is 0.0694. The molecule has 0 bridgehead atoms. The summed E-state index contributed by atoms with van der Waals surface area (Å²) in [6.07, 6.45) is 0.101. The molecule has 0 saturated carbocycles. The van der Waals surface area contributed by atoms with Crippen LogP contribution in [0.25, 0.3) is 0 Å². The van der Waals surface area contributed by atoms with Crippen LogP contribution in [-0.2, 0) is 4.74 Å². The molecule has 0 spiro atoms. The number of hydrogen-bond donors (Lipinski definition) is 2. The molecule has 2 unspecified atom stereocenters. The van der Waals surface area contributed by atoms with E-state index in [2.05, 4.69) is 37.6 Å². The van der Waals surface area contributed by atoms with Gasteiger partial charge in [0.15, 0.2) is 0 Å². The van der Waals surface area contributed by atoms with Gasteiger partial charge in [-0.2, -0.15) is 0 Å². The summed E-state index contributed by atoms with van der Waals surface area (Å²) in [5.41, 5.74) is 4.05. The van der Waals surface area contributed by atoms with Gasteiger partial charge in [-0.25, -0.2) is 0 Å². The molecule has 0 aliphatic heterocycles. The van der Waals surface area contributed by atoms with E-state index in [-0.39, 0.29) is 12.1 Å². The van der Waals surface area contributed by atoms with Gasteiger partial charge in [-0.05, 0) is 29.9 Å². The fraction of sp³-hybridized carbons (Fsp3) is 0.636. The lowest BCUT2D eigenvalue weighted by atomic mass is 9.95. The third-order valence-corrected chi connectivity index (χ3v) is 3.43. The summed E-state index contributed by atoms with van der Waals surface area (Å²) in [5.74, 6) is 6.03. The van der Waals surface area contributed by atoms with Crippen LogP contribution < -0.4 is 11.3 Å². The van der Waals surface area contributed by atoms with E-state index in [9.17, 15) is 0 Å². The zero-order chi connectivity index (χ0) is 11.4. The van der Waals surface area contributed by atoms with Gasteiger partial charge in [-0.3, -0.25) is 11.3 Å². The molecule has 0 aromatic carbocycles. The van der Waals surface area contributed by atoms with E-state index in [0.29, 0.717) is 5.92 Å². The maximum Gasteiger partial charge on any atom is 0.0802 e. The normalized spacial score (nSPS) is 15.6. The van der Waals surface area contributed by atoms with Gasteiger partial charge < -0.3 is 4.74 Å². The molecule has 0 fully saturated rings. The number of nitrogens with two attached hydrogens (primary N) is 1. The summed E-state index contributed by atoms with van der Waals surface area (Å²) in [6, 6.07) is 2.23. The molecule has 0 saturated heterocycles. The maximum atomic E-state index is 5.60. The lowest BCUT2D eigenvalue weighted by Crippen LogP contribution is -2.40. The summed E-state index contributed by atoms with van der Waals surface area (Å²) >= 11 is 1.74. The molecule has 2 atom stereocenters. The third-order valence-electron chi connectivity index (χ3n) is 2.55. The number of nitrogens with one attached hydrogen (secondary N) is 1. The van der Waals surface area contributed by atoms with Crippen LogP contribution in [0.1, 0.15) is 30.3 Å². The molecule has 0 radical (unpaired) electrons. The Morgan fingerprint density at radius 3 is 2.47 bits per heavy atom.